The van der Waals surface area contributed by atoms with Crippen molar-refractivity contribution in [2.75, 3.05) is 0 Å². The summed E-state index contributed by atoms with van der Waals surface area (Å²) in [5.41, 5.74) is 1.14. The summed E-state index contributed by atoms with van der Waals surface area (Å²) in [4.78, 5) is 0. The van der Waals surface area contributed by atoms with E-state index >= 15 is 0 Å². The van der Waals surface area contributed by atoms with E-state index in [2.05, 4.69) is 0 Å². The molecule has 2 aromatic rings. The van der Waals surface area contributed by atoms with Gasteiger partial charge in [-0.05, 0) is 0 Å². The Hall–Kier alpha value is -0.818. The zero-order valence-electron chi connectivity index (χ0n) is 12.0. The molecule has 0 aliphatic carbocycles. The molecule has 122 valence electrons. The monoisotopic (exact) mass is 550 g/mol. The third-order valence-electron chi connectivity index (χ3n) is 2.69. The molecule has 0 aliphatic rings. The van der Waals surface area contributed by atoms with Gasteiger partial charge in [-0.25, -0.2) is 0 Å². The summed E-state index contributed by atoms with van der Waals surface area (Å²) < 4.78 is 56.7. The van der Waals surface area contributed by atoms with Crippen LogP contribution in [-0.4, -0.2) is 42.0 Å². The zero-order valence-corrected chi connectivity index (χ0v) is 17.5. The SMILES string of the molecule is O=S(=O)(Cc1ccccc1)[O][Pb][O]S(=O)(=O)Cc1ccccc1. The standard InChI is InChI=1S/2C7H8O3S.Pb/c2*8-11(9,10)6-7-4-2-1-3-5-7;/h2*1-5H,6H2,(H,8,9,10);/q;;+2/p-2. The van der Waals surface area contributed by atoms with Gasteiger partial charge in [-0.15, -0.1) is 0 Å². The van der Waals surface area contributed by atoms with Crippen LogP contribution >= 0.6 is 0 Å². The predicted molar refractivity (Wildman–Crippen MR) is 86.1 cm³/mol. The van der Waals surface area contributed by atoms with Crippen molar-refractivity contribution in [1.82, 2.24) is 0 Å². The molecule has 0 amide bonds. The molecular formula is C14H14O6PbS2. The van der Waals surface area contributed by atoms with E-state index in [0.29, 0.717) is 11.1 Å². The Morgan fingerprint density at radius 3 is 1.35 bits per heavy atom. The fraction of sp³-hybridized carbons (Fsp3) is 0.143. The molecular weight excluding hydrogens is 535 g/mol. The summed E-state index contributed by atoms with van der Waals surface area (Å²) >= 11 is -2.74. The maximum absolute atomic E-state index is 11.8. The van der Waals surface area contributed by atoms with Crippen molar-refractivity contribution in [3.8, 4) is 0 Å². The molecule has 0 heterocycles. The molecule has 2 aromatic carbocycles. The second-order valence-electron chi connectivity index (χ2n) is 4.63. The molecule has 0 saturated heterocycles. The quantitative estimate of drug-likeness (QED) is 0.466. The van der Waals surface area contributed by atoms with Crippen molar-refractivity contribution in [2.45, 2.75) is 11.5 Å². The molecule has 0 bridgehead atoms. The van der Waals surface area contributed by atoms with Gasteiger partial charge in [0.2, 0.25) is 0 Å². The summed E-state index contributed by atoms with van der Waals surface area (Å²) in [5.74, 6) is -0.605. The van der Waals surface area contributed by atoms with Gasteiger partial charge in [0, 0.05) is 0 Å². The molecule has 6 nitrogen and oxygen atoms in total. The molecule has 2 rings (SSSR count). The molecule has 0 atom stereocenters. The maximum atomic E-state index is 11.8. The first-order valence-electron chi connectivity index (χ1n) is 6.51. The fourth-order valence-corrected chi connectivity index (χ4v) is 8.14. The average Bonchev–Trinajstić information content (AvgIpc) is 2.47. The average molecular weight is 550 g/mol. The molecule has 2 radical (unpaired) electrons. The van der Waals surface area contributed by atoms with Gasteiger partial charge in [-0.3, -0.25) is 0 Å². The zero-order chi connectivity index (χ0) is 16.8. The Morgan fingerprint density at radius 2 is 1.00 bits per heavy atom. The van der Waals surface area contributed by atoms with Crippen LogP contribution in [0.4, 0.5) is 0 Å². The van der Waals surface area contributed by atoms with Gasteiger partial charge in [0.15, 0.2) is 0 Å². The molecule has 0 spiro atoms. The van der Waals surface area contributed by atoms with Crippen LogP contribution < -0.4 is 0 Å². The van der Waals surface area contributed by atoms with Crippen molar-refractivity contribution < 1.29 is 21.1 Å². The van der Waals surface area contributed by atoms with Crippen LogP contribution in [0.15, 0.2) is 60.7 Å². The Bertz CT molecular complexity index is 749. The molecule has 0 unspecified atom stereocenters. The topological polar surface area (TPSA) is 86.7 Å². The van der Waals surface area contributed by atoms with Crippen molar-refractivity contribution >= 4 is 45.4 Å². The molecule has 0 fully saturated rings. The predicted octanol–water partition coefficient (Wildman–Crippen LogP) is 1.61. The van der Waals surface area contributed by atoms with E-state index in [9.17, 15) is 16.8 Å². The Kier molecular flexibility index (Phi) is 6.71. The Labute approximate surface area is 149 Å². The Balaban J connectivity index is 1.86. The van der Waals surface area contributed by atoms with Gasteiger partial charge in [-0.2, -0.15) is 0 Å². The minimum absolute atomic E-state index is 0.303. The molecule has 0 saturated carbocycles. The van der Waals surface area contributed by atoms with E-state index in [-0.39, 0.29) is 11.5 Å². The van der Waals surface area contributed by atoms with Gasteiger partial charge in [0.1, 0.15) is 0 Å². The number of hydrogen-bond acceptors (Lipinski definition) is 6. The van der Waals surface area contributed by atoms with E-state index < -0.39 is 45.4 Å². The van der Waals surface area contributed by atoms with Crippen LogP contribution in [0.2, 0.25) is 0 Å². The summed E-state index contributed by atoms with van der Waals surface area (Å²) in [6.45, 7) is 0. The number of hydrogen-bond donors (Lipinski definition) is 0. The van der Waals surface area contributed by atoms with Crippen molar-refractivity contribution in [3.63, 3.8) is 0 Å². The summed E-state index contributed by atoms with van der Waals surface area (Å²) in [5, 5.41) is 0. The van der Waals surface area contributed by atoms with Gasteiger partial charge in [0.05, 0.1) is 0 Å². The van der Waals surface area contributed by atoms with Gasteiger partial charge >= 0.3 is 150 Å². The van der Waals surface area contributed by atoms with Crippen molar-refractivity contribution in [1.29, 1.82) is 0 Å². The van der Waals surface area contributed by atoms with E-state index in [0.717, 1.165) is 0 Å². The first-order chi connectivity index (χ1) is 10.9. The van der Waals surface area contributed by atoms with Crippen LogP contribution in [0.25, 0.3) is 0 Å². The molecule has 0 aliphatic heterocycles. The van der Waals surface area contributed by atoms with Gasteiger partial charge < -0.3 is 0 Å². The minimum atomic E-state index is -3.83. The Morgan fingerprint density at radius 1 is 0.652 bits per heavy atom. The summed E-state index contributed by atoms with van der Waals surface area (Å²) in [7, 11) is -7.67. The second kappa shape index (κ2) is 8.33. The second-order valence-corrected chi connectivity index (χ2v) is 12.3. The van der Waals surface area contributed by atoms with Crippen LogP contribution in [-0.2, 0) is 36.0 Å². The first kappa shape index (κ1) is 18.5. The fourth-order valence-electron chi connectivity index (χ4n) is 1.73. The molecule has 23 heavy (non-hydrogen) atoms. The van der Waals surface area contributed by atoms with Gasteiger partial charge in [0.25, 0.3) is 0 Å². The van der Waals surface area contributed by atoms with E-state index in [4.69, 9.17) is 4.27 Å². The summed E-state index contributed by atoms with van der Waals surface area (Å²) in [6.07, 6.45) is 0. The molecule has 0 N–H and O–H groups in total. The third-order valence-corrected chi connectivity index (χ3v) is 12.2. The summed E-state index contributed by atoms with van der Waals surface area (Å²) in [6, 6.07) is 17.0. The van der Waals surface area contributed by atoms with E-state index in [1.807, 2.05) is 0 Å². The van der Waals surface area contributed by atoms with Crippen molar-refractivity contribution in [2.24, 2.45) is 0 Å². The first-order valence-corrected chi connectivity index (χ1v) is 12.8. The van der Waals surface area contributed by atoms with Crippen LogP contribution in [0.1, 0.15) is 11.1 Å². The van der Waals surface area contributed by atoms with Crippen LogP contribution in [0.3, 0.4) is 0 Å². The number of rotatable bonds is 8. The van der Waals surface area contributed by atoms with Crippen molar-refractivity contribution in [3.05, 3.63) is 71.8 Å². The van der Waals surface area contributed by atoms with Crippen LogP contribution in [0.5, 0.6) is 0 Å². The van der Waals surface area contributed by atoms with E-state index in [1.54, 1.807) is 60.7 Å². The van der Waals surface area contributed by atoms with E-state index in [1.165, 1.54) is 0 Å². The van der Waals surface area contributed by atoms with Gasteiger partial charge in [-0.1, -0.05) is 0 Å². The molecule has 0 aromatic heterocycles. The molecule has 9 heteroatoms. The van der Waals surface area contributed by atoms with Crippen LogP contribution in [0, 0.1) is 0 Å². The third kappa shape index (κ3) is 7.08. The number of benzene rings is 2. The normalized spacial score (nSPS) is 12.2.